The number of aliphatic hydroxyl groups excluding tert-OH is 2. The Morgan fingerprint density at radius 2 is 0.828 bits per heavy atom. The first-order valence-electron chi connectivity index (χ1n) is 25.9. The third-order valence-corrected chi connectivity index (χ3v) is 12.1. The van der Waals surface area contributed by atoms with Crippen molar-refractivity contribution in [2.24, 2.45) is 0 Å². The van der Waals surface area contributed by atoms with Crippen molar-refractivity contribution in [1.82, 2.24) is 5.32 Å². The Morgan fingerprint density at radius 1 is 0.483 bits per heavy atom. The molecule has 0 aliphatic carbocycles. The van der Waals surface area contributed by atoms with Gasteiger partial charge in [0, 0.05) is 6.42 Å². The highest BCUT2D eigenvalue weighted by Crippen LogP contribution is 2.18. The lowest BCUT2D eigenvalue weighted by atomic mass is 10.0. The van der Waals surface area contributed by atoms with Crippen LogP contribution in [-0.4, -0.2) is 46.9 Å². The minimum atomic E-state index is -0.785. The Bertz CT molecular complexity index is 878. The molecule has 344 valence electrons. The van der Waals surface area contributed by atoms with E-state index in [2.05, 4.69) is 38.2 Å². The number of carbonyl (C=O) groups excluding carboxylic acids is 2. The molecule has 0 fully saturated rings. The van der Waals surface area contributed by atoms with Gasteiger partial charge in [-0.15, -0.1) is 0 Å². The number of rotatable bonds is 47. The first kappa shape index (κ1) is 56.6. The van der Waals surface area contributed by atoms with E-state index in [1.54, 1.807) is 0 Å². The third-order valence-electron chi connectivity index (χ3n) is 12.1. The standard InChI is InChI=1S/C52H101NO5/c1-4-7-10-13-16-19-22-24-26-29-31-34-37-40-43-48(58-52(57)45-42-39-36-33-30-27-25-23-20-17-14-11-8-5-2)46-51(56)53-49(47-54)50(55)44-41-38-35-32-28-21-18-15-12-9-6-3/h26,29,48-50,54-55H,4-25,27-28,30-47H2,1-3H3,(H,53,56)/b29-26+. The molecule has 0 saturated carbocycles. The van der Waals surface area contributed by atoms with Crippen LogP contribution in [0.5, 0.6) is 0 Å². The Kier molecular flexibility index (Phi) is 45.5. The highest BCUT2D eigenvalue weighted by molar-refractivity contribution is 5.77. The summed E-state index contributed by atoms with van der Waals surface area (Å²) in [6.45, 7) is 6.49. The third kappa shape index (κ3) is 41.3. The number of aliphatic hydroxyl groups is 2. The molecule has 3 unspecified atom stereocenters. The van der Waals surface area contributed by atoms with E-state index in [0.717, 1.165) is 57.8 Å². The number of allylic oxidation sites excluding steroid dienone is 2. The van der Waals surface area contributed by atoms with E-state index in [1.807, 2.05) is 0 Å². The van der Waals surface area contributed by atoms with E-state index < -0.39 is 18.2 Å². The summed E-state index contributed by atoms with van der Waals surface area (Å²) in [6, 6.07) is -0.699. The second kappa shape index (κ2) is 46.7. The zero-order chi connectivity index (χ0) is 42.4. The lowest BCUT2D eigenvalue weighted by Crippen LogP contribution is -2.46. The van der Waals surface area contributed by atoms with Crippen LogP contribution in [0.25, 0.3) is 0 Å². The lowest BCUT2D eigenvalue weighted by molar-refractivity contribution is -0.151. The highest BCUT2D eigenvalue weighted by Gasteiger charge is 2.24. The minimum absolute atomic E-state index is 0.0739. The van der Waals surface area contributed by atoms with Gasteiger partial charge in [-0.1, -0.05) is 232 Å². The van der Waals surface area contributed by atoms with Crippen molar-refractivity contribution in [3.63, 3.8) is 0 Å². The van der Waals surface area contributed by atoms with Crippen LogP contribution in [0, 0.1) is 0 Å². The number of nitrogens with one attached hydrogen (secondary N) is 1. The molecule has 0 heterocycles. The summed E-state index contributed by atoms with van der Waals surface area (Å²) in [7, 11) is 0. The number of hydrogen-bond donors (Lipinski definition) is 3. The fourth-order valence-corrected chi connectivity index (χ4v) is 8.13. The highest BCUT2D eigenvalue weighted by atomic mass is 16.5. The van der Waals surface area contributed by atoms with Crippen LogP contribution in [-0.2, 0) is 14.3 Å². The van der Waals surface area contributed by atoms with Gasteiger partial charge >= 0.3 is 5.97 Å². The first-order chi connectivity index (χ1) is 28.5. The molecule has 0 rings (SSSR count). The molecule has 0 spiro atoms. The molecule has 0 bridgehead atoms. The predicted octanol–water partition coefficient (Wildman–Crippen LogP) is 15.3. The summed E-state index contributed by atoms with van der Waals surface area (Å²) in [4.78, 5) is 26.1. The summed E-state index contributed by atoms with van der Waals surface area (Å²) in [6.07, 6.45) is 51.3. The number of amides is 1. The minimum Gasteiger partial charge on any atom is -0.462 e. The average molecular weight is 820 g/mol. The van der Waals surface area contributed by atoms with Gasteiger partial charge in [0.1, 0.15) is 6.10 Å². The molecular formula is C52H101NO5. The number of unbranched alkanes of at least 4 members (excludes halogenated alkanes) is 33. The van der Waals surface area contributed by atoms with Crippen LogP contribution >= 0.6 is 0 Å². The maximum Gasteiger partial charge on any atom is 0.306 e. The predicted molar refractivity (Wildman–Crippen MR) is 250 cm³/mol. The van der Waals surface area contributed by atoms with Gasteiger partial charge in [-0.3, -0.25) is 9.59 Å². The Hall–Kier alpha value is -1.40. The van der Waals surface area contributed by atoms with Crippen LogP contribution in [0.2, 0.25) is 0 Å². The molecule has 0 aliphatic heterocycles. The van der Waals surface area contributed by atoms with Crippen LogP contribution in [0.3, 0.4) is 0 Å². The molecule has 0 aliphatic rings. The van der Waals surface area contributed by atoms with E-state index in [1.165, 1.54) is 180 Å². The van der Waals surface area contributed by atoms with Crippen LogP contribution in [0.4, 0.5) is 0 Å². The van der Waals surface area contributed by atoms with Gasteiger partial charge < -0.3 is 20.3 Å². The molecule has 6 heteroatoms. The topological polar surface area (TPSA) is 95.9 Å². The van der Waals surface area contributed by atoms with E-state index in [0.29, 0.717) is 19.3 Å². The van der Waals surface area contributed by atoms with Crippen LogP contribution in [0.15, 0.2) is 12.2 Å². The van der Waals surface area contributed by atoms with Crippen LogP contribution < -0.4 is 5.32 Å². The number of ether oxygens (including phenoxy) is 1. The molecule has 1 amide bonds. The fraction of sp³-hybridized carbons (Fsp3) is 0.923. The monoisotopic (exact) mass is 820 g/mol. The van der Waals surface area contributed by atoms with Gasteiger partial charge in [0.2, 0.25) is 5.91 Å². The van der Waals surface area contributed by atoms with E-state index in [9.17, 15) is 19.8 Å². The largest absolute Gasteiger partial charge is 0.462 e. The maximum absolute atomic E-state index is 13.2. The number of esters is 1. The number of carbonyl (C=O) groups is 2. The zero-order valence-corrected chi connectivity index (χ0v) is 39.2. The molecule has 0 saturated heterocycles. The summed E-state index contributed by atoms with van der Waals surface area (Å²) < 4.78 is 5.93. The summed E-state index contributed by atoms with van der Waals surface area (Å²) in [5, 5.41) is 23.7. The van der Waals surface area contributed by atoms with Gasteiger partial charge in [0.15, 0.2) is 0 Å². The Labute approximate surface area is 361 Å². The summed E-state index contributed by atoms with van der Waals surface area (Å²) in [5.41, 5.74) is 0. The van der Waals surface area contributed by atoms with Crippen molar-refractivity contribution in [2.45, 2.75) is 302 Å². The van der Waals surface area contributed by atoms with Gasteiger partial charge in [-0.25, -0.2) is 0 Å². The Morgan fingerprint density at radius 3 is 1.24 bits per heavy atom. The van der Waals surface area contributed by atoms with E-state index in [-0.39, 0.29) is 24.9 Å². The van der Waals surface area contributed by atoms with Gasteiger partial charge in [-0.2, -0.15) is 0 Å². The molecule has 58 heavy (non-hydrogen) atoms. The molecule has 6 nitrogen and oxygen atoms in total. The summed E-state index contributed by atoms with van der Waals surface area (Å²) in [5.74, 6) is -0.472. The number of hydrogen-bond acceptors (Lipinski definition) is 5. The van der Waals surface area contributed by atoms with Crippen molar-refractivity contribution >= 4 is 11.9 Å². The molecule has 3 N–H and O–H groups in total. The van der Waals surface area contributed by atoms with Gasteiger partial charge in [0.25, 0.3) is 0 Å². The molecule has 3 atom stereocenters. The molecule has 0 aromatic heterocycles. The molecular weight excluding hydrogens is 719 g/mol. The lowest BCUT2D eigenvalue weighted by Gasteiger charge is -2.24. The quantitative estimate of drug-likeness (QED) is 0.0323. The van der Waals surface area contributed by atoms with E-state index >= 15 is 0 Å². The van der Waals surface area contributed by atoms with Gasteiger partial charge in [0.05, 0.1) is 25.2 Å². The van der Waals surface area contributed by atoms with Crippen molar-refractivity contribution < 1.29 is 24.5 Å². The second-order valence-corrected chi connectivity index (χ2v) is 17.9. The second-order valence-electron chi connectivity index (χ2n) is 17.9. The van der Waals surface area contributed by atoms with Crippen molar-refractivity contribution in [3.05, 3.63) is 12.2 Å². The molecule has 0 aromatic carbocycles. The van der Waals surface area contributed by atoms with Gasteiger partial charge in [-0.05, 0) is 51.4 Å². The SMILES string of the molecule is CCCCCCCCC/C=C/CCCCCC(CC(=O)NC(CO)C(O)CCCCCCCCCCCCC)OC(=O)CCCCCCCCCCCCCCCC. The first-order valence-corrected chi connectivity index (χ1v) is 25.9. The smallest absolute Gasteiger partial charge is 0.306 e. The Balaban J connectivity index is 4.56. The van der Waals surface area contributed by atoms with E-state index in [4.69, 9.17) is 4.74 Å². The molecule has 0 aromatic rings. The normalized spacial score (nSPS) is 13.3. The fourth-order valence-electron chi connectivity index (χ4n) is 8.13. The maximum atomic E-state index is 13.2. The molecule has 0 radical (unpaired) electrons. The zero-order valence-electron chi connectivity index (χ0n) is 39.2. The van der Waals surface area contributed by atoms with Crippen LogP contribution in [0.1, 0.15) is 284 Å². The summed E-state index contributed by atoms with van der Waals surface area (Å²) >= 11 is 0. The van der Waals surface area contributed by atoms with Crippen molar-refractivity contribution in [3.8, 4) is 0 Å². The average Bonchev–Trinajstić information content (AvgIpc) is 3.22. The van der Waals surface area contributed by atoms with Crippen molar-refractivity contribution in [2.75, 3.05) is 6.61 Å². The van der Waals surface area contributed by atoms with Crippen molar-refractivity contribution in [1.29, 1.82) is 0 Å².